The third kappa shape index (κ3) is 4.74. The van der Waals surface area contributed by atoms with Crippen molar-refractivity contribution in [1.82, 2.24) is 9.80 Å². The van der Waals surface area contributed by atoms with Crippen molar-refractivity contribution in [2.24, 2.45) is 0 Å². The van der Waals surface area contributed by atoms with E-state index >= 15 is 0 Å². The minimum atomic E-state index is 0.189. The van der Waals surface area contributed by atoms with Crippen molar-refractivity contribution < 1.29 is 9.90 Å². The number of phenols is 1. The van der Waals surface area contributed by atoms with Gasteiger partial charge in [0.25, 0.3) is 0 Å². The van der Waals surface area contributed by atoms with Crippen molar-refractivity contribution in [2.75, 3.05) is 26.2 Å². The van der Waals surface area contributed by atoms with Gasteiger partial charge in [-0.25, -0.2) is 0 Å². The summed E-state index contributed by atoms with van der Waals surface area (Å²) < 4.78 is 0. The van der Waals surface area contributed by atoms with E-state index in [2.05, 4.69) is 11.8 Å². The Balaban J connectivity index is 1.81. The number of aryl methyl sites for hydroxylation is 1. The van der Waals surface area contributed by atoms with Crippen LogP contribution in [-0.2, 0) is 11.2 Å². The predicted octanol–water partition coefficient (Wildman–Crippen LogP) is 2.27. The van der Waals surface area contributed by atoms with E-state index in [1.807, 2.05) is 17.0 Å². The molecule has 1 fully saturated rings. The van der Waals surface area contributed by atoms with Gasteiger partial charge in [-0.1, -0.05) is 12.1 Å². The van der Waals surface area contributed by atoms with Crippen LogP contribution in [0.4, 0.5) is 0 Å². The van der Waals surface area contributed by atoms with Gasteiger partial charge in [-0.3, -0.25) is 9.69 Å². The molecule has 0 aromatic heterocycles. The fourth-order valence-electron chi connectivity index (χ4n) is 2.91. The maximum absolute atomic E-state index is 11.5. The molecule has 1 saturated heterocycles. The van der Waals surface area contributed by atoms with Gasteiger partial charge in [-0.15, -0.1) is 0 Å². The average Bonchev–Trinajstić information content (AvgIpc) is 2.72. The van der Waals surface area contributed by atoms with Gasteiger partial charge in [0.05, 0.1) is 0 Å². The number of phenolic OH excluding ortho intramolecular Hbond substituents is 1. The highest BCUT2D eigenvalue weighted by atomic mass is 16.3. The number of aromatic hydroxyl groups is 1. The normalized spacial score (nSPS) is 18.3. The van der Waals surface area contributed by atoms with E-state index < -0.39 is 0 Å². The molecule has 0 bridgehead atoms. The molecule has 1 aliphatic rings. The van der Waals surface area contributed by atoms with Crippen molar-refractivity contribution in [3.8, 4) is 5.75 Å². The minimum absolute atomic E-state index is 0.189. The maximum Gasteiger partial charge on any atom is 0.219 e. The number of amides is 1. The van der Waals surface area contributed by atoms with Gasteiger partial charge < -0.3 is 10.0 Å². The maximum atomic E-state index is 11.5. The van der Waals surface area contributed by atoms with Crippen LogP contribution in [0, 0.1) is 0 Å². The molecule has 2 rings (SSSR count). The molecule has 0 radical (unpaired) electrons. The molecular weight excluding hydrogens is 264 g/mol. The zero-order chi connectivity index (χ0) is 15.2. The molecular formula is C17H26N2O2. The molecule has 0 aliphatic carbocycles. The van der Waals surface area contributed by atoms with E-state index in [-0.39, 0.29) is 5.91 Å². The zero-order valence-electron chi connectivity index (χ0n) is 13.1. The number of hydrogen-bond acceptors (Lipinski definition) is 3. The fraction of sp³-hybridized carbons (Fsp3) is 0.588. The molecule has 0 spiro atoms. The summed E-state index contributed by atoms with van der Waals surface area (Å²) in [6.45, 7) is 7.69. The fourth-order valence-corrected chi connectivity index (χ4v) is 2.91. The first-order chi connectivity index (χ1) is 10.1. The average molecular weight is 290 g/mol. The van der Waals surface area contributed by atoms with Gasteiger partial charge in [0.15, 0.2) is 0 Å². The first-order valence-corrected chi connectivity index (χ1v) is 7.83. The van der Waals surface area contributed by atoms with E-state index in [1.54, 1.807) is 19.1 Å². The van der Waals surface area contributed by atoms with Gasteiger partial charge in [-0.05, 0) is 43.9 Å². The lowest BCUT2D eigenvalue weighted by atomic mass is 10.0. The highest BCUT2D eigenvalue weighted by Crippen LogP contribution is 2.15. The van der Waals surface area contributed by atoms with Crippen LogP contribution in [0.3, 0.4) is 0 Å². The predicted molar refractivity (Wildman–Crippen MR) is 84.3 cm³/mol. The lowest BCUT2D eigenvalue weighted by Crippen LogP contribution is -2.38. The summed E-state index contributed by atoms with van der Waals surface area (Å²) in [6.07, 6.45) is 3.18. The highest BCUT2D eigenvalue weighted by molar-refractivity contribution is 5.73. The third-order valence-corrected chi connectivity index (χ3v) is 4.39. The molecule has 1 aliphatic heterocycles. The Morgan fingerprint density at radius 1 is 1.19 bits per heavy atom. The Kier molecular flexibility index (Phi) is 5.62. The van der Waals surface area contributed by atoms with Gasteiger partial charge in [0.2, 0.25) is 5.91 Å². The summed E-state index contributed by atoms with van der Waals surface area (Å²) >= 11 is 0. The Morgan fingerprint density at radius 2 is 1.90 bits per heavy atom. The Hall–Kier alpha value is -1.55. The van der Waals surface area contributed by atoms with Crippen molar-refractivity contribution in [3.63, 3.8) is 0 Å². The number of carbonyl (C=O) groups excluding carboxylic acids is 1. The molecule has 4 heteroatoms. The van der Waals surface area contributed by atoms with Gasteiger partial charge in [0.1, 0.15) is 5.75 Å². The van der Waals surface area contributed by atoms with Gasteiger partial charge in [0, 0.05) is 39.1 Å². The molecule has 1 amide bonds. The molecule has 1 aromatic carbocycles. The van der Waals surface area contributed by atoms with Crippen LogP contribution in [0.2, 0.25) is 0 Å². The summed E-state index contributed by atoms with van der Waals surface area (Å²) in [4.78, 5) is 15.9. The van der Waals surface area contributed by atoms with Crippen LogP contribution in [0.1, 0.15) is 32.3 Å². The molecule has 4 nitrogen and oxygen atoms in total. The van der Waals surface area contributed by atoms with Gasteiger partial charge in [-0.2, -0.15) is 0 Å². The summed E-state index contributed by atoms with van der Waals surface area (Å²) in [7, 11) is 0. The van der Waals surface area contributed by atoms with Gasteiger partial charge >= 0.3 is 0 Å². The summed E-state index contributed by atoms with van der Waals surface area (Å²) in [5.41, 5.74) is 1.26. The Bertz CT molecular complexity index is 458. The monoisotopic (exact) mass is 290 g/mol. The molecule has 21 heavy (non-hydrogen) atoms. The van der Waals surface area contributed by atoms with Crippen molar-refractivity contribution in [3.05, 3.63) is 29.8 Å². The quantitative estimate of drug-likeness (QED) is 0.925. The number of benzene rings is 1. The first-order valence-electron chi connectivity index (χ1n) is 7.83. The number of hydrogen-bond donors (Lipinski definition) is 1. The van der Waals surface area contributed by atoms with Crippen molar-refractivity contribution >= 4 is 5.91 Å². The van der Waals surface area contributed by atoms with Crippen LogP contribution in [0.15, 0.2) is 24.3 Å². The number of nitrogens with zero attached hydrogens (tertiary/aromatic N) is 2. The van der Waals surface area contributed by atoms with E-state index in [9.17, 15) is 9.90 Å². The number of rotatable bonds is 4. The van der Waals surface area contributed by atoms with Crippen LogP contribution in [0.25, 0.3) is 0 Å². The summed E-state index contributed by atoms with van der Waals surface area (Å²) in [6, 6.07) is 7.99. The summed E-state index contributed by atoms with van der Waals surface area (Å²) in [5.74, 6) is 0.511. The minimum Gasteiger partial charge on any atom is -0.508 e. The second-order valence-electron chi connectivity index (χ2n) is 5.95. The highest BCUT2D eigenvalue weighted by Gasteiger charge is 2.20. The summed E-state index contributed by atoms with van der Waals surface area (Å²) in [5, 5.41) is 9.30. The third-order valence-electron chi connectivity index (χ3n) is 4.39. The molecule has 1 N–H and O–H groups in total. The van der Waals surface area contributed by atoms with Crippen LogP contribution in [-0.4, -0.2) is 53.0 Å². The first kappa shape index (κ1) is 15.8. The van der Waals surface area contributed by atoms with E-state index in [1.165, 1.54) is 5.56 Å². The molecule has 0 saturated carbocycles. The SMILES string of the molecule is CC(=O)N1CCCN(C(C)CCc2ccc(O)cc2)CC1. The second kappa shape index (κ2) is 7.46. The van der Waals surface area contributed by atoms with E-state index in [0.29, 0.717) is 11.8 Å². The molecule has 1 aromatic rings. The van der Waals surface area contributed by atoms with E-state index in [0.717, 1.165) is 45.4 Å². The molecule has 1 atom stereocenters. The Morgan fingerprint density at radius 3 is 2.57 bits per heavy atom. The Labute approximate surface area is 127 Å². The van der Waals surface area contributed by atoms with Crippen LogP contribution < -0.4 is 0 Å². The van der Waals surface area contributed by atoms with Crippen LogP contribution in [0.5, 0.6) is 5.75 Å². The lowest BCUT2D eigenvalue weighted by molar-refractivity contribution is -0.128. The standard InChI is InChI=1S/C17H26N2O2/c1-14(4-5-16-6-8-17(21)9-7-16)18-10-3-11-19(13-12-18)15(2)20/h6-9,14,21H,3-5,10-13H2,1-2H3. The van der Waals surface area contributed by atoms with Crippen LogP contribution >= 0.6 is 0 Å². The zero-order valence-corrected chi connectivity index (χ0v) is 13.1. The molecule has 1 heterocycles. The number of carbonyl (C=O) groups is 1. The molecule has 116 valence electrons. The van der Waals surface area contributed by atoms with Crippen molar-refractivity contribution in [1.29, 1.82) is 0 Å². The topological polar surface area (TPSA) is 43.8 Å². The molecule has 1 unspecified atom stereocenters. The smallest absolute Gasteiger partial charge is 0.219 e. The largest absolute Gasteiger partial charge is 0.508 e. The second-order valence-corrected chi connectivity index (χ2v) is 5.95. The van der Waals surface area contributed by atoms with Crippen molar-refractivity contribution in [2.45, 2.75) is 39.2 Å². The van der Waals surface area contributed by atoms with E-state index in [4.69, 9.17) is 0 Å². The lowest BCUT2D eigenvalue weighted by Gasteiger charge is -2.27.